The predicted octanol–water partition coefficient (Wildman–Crippen LogP) is 3.25. The first-order valence-corrected chi connectivity index (χ1v) is 7.65. The zero-order chi connectivity index (χ0) is 13.7. The first kappa shape index (κ1) is 14.5. The molecular formula is C17H27NO. The Bertz CT molecular complexity index is 363. The van der Waals surface area contributed by atoms with Gasteiger partial charge in [-0.15, -0.1) is 0 Å². The minimum atomic E-state index is -0.0540. The molecule has 0 amide bonds. The van der Waals surface area contributed by atoms with E-state index in [0.717, 1.165) is 38.6 Å². The van der Waals surface area contributed by atoms with Gasteiger partial charge in [-0.2, -0.15) is 0 Å². The lowest BCUT2D eigenvalue weighted by Gasteiger charge is -2.26. The molecule has 0 spiro atoms. The summed E-state index contributed by atoms with van der Waals surface area (Å²) in [5, 5.41) is 13.1. The molecule has 1 aliphatic carbocycles. The Kier molecular flexibility index (Phi) is 5.41. The van der Waals surface area contributed by atoms with E-state index in [1.165, 1.54) is 11.1 Å². The Morgan fingerprint density at radius 1 is 1.11 bits per heavy atom. The van der Waals surface area contributed by atoms with E-state index in [2.05, 4.69) is 43.4 Å². The minimum absolute atomic E-state index is 0.0540. The fourth-order valence-electron chi connectivity index (χ4n) is 2.77. The third-order valence-corrected chi connectivity index (χ3v) is 4.19. The van der Waals surface area contributed by atoms with Gasteiger partial charge < -0.3 is 10.4 Å². The van der Waals surface area contributed by atoms with Crippen LogP contribution in [-0.4, -0.2) is 23.8 Å². The van der Waals surface area contributed by atoms with Gasteiger partial charge >= 0.3 is 0 Å². The summed E-state index contributed by atoms with van der Waals surface area (Å²) in [4.78, 5) is 0. The second kappa shape index (κ2) is 7.06. The molecule has 0 saturated heterocycles. The van der Waals surface area contributed by atoms with Gasteiger partial charge in [0, 0.05) is 6.04 Å². The number of aliphatic hydroxyl groups excluding tert-OH is 1. The fourth-order valence-corrected chi connectivity index (χ4v) is 2.77. The molecule has 0 radical (unpaired) electrons. The molecule has 1 aromatic rings. The Hall–Kier alpha value is -0.860. The van der Waals surface area contributed by atoms with E-state index in [0.29, 0.717) is 12.0 Å². The van der Waals surface area contributed by atoms with Crippen molar-refractivity contribution in [2.45, 2.75) is 64.0 Å². The number of nitrogens with one attached hydrogen (secondary N) is 1. The molecule has 106 valence electrons. The van der Waals surface area contributed by atoms with Crippen LogP contribution in [0.1, 0.15) is 56.6 Å². The van der Waals surface area contributed by atoms with Crippen LogP contribution in [0.15, 0.2) is 24.3 Å². The molecule has 0 aromatic heterocycles. The molecule has 0 bridgehead atoms. The Labute approximate surface area is 117 Å². The van der Waals surface area contributed by atoms with Gasteiger partial charge in [0.15, 0.2) is 0 Å². The number of hydrogen-bond donors (Lipinski definition) is 2. The molecule has 2 rings (SSSR count). The first-order valence-electron chi connectivity index (χ1n) is 7.65. The van der Waals surface area contributed by atoms with Crippen LogP contribution in [-0.2, 0) is 6.42 Å². The molecule has 19 heavy (non-hydrogen) atoms. The van der Waals surface area contributed by atoms with Crippen LogP contribution in [0.2, 0.25) is 0 Å². The van der Waals surface area contributed by atoms with Crippen LogP contribution in [0.5, 0.6) is 0 Å². The number of rotatable bonds is 5. The fraction of sp³-hybridized carbons (Fsp3) is 0.647. The van der Waals surface area contributed by atoms with Crippen molar-refractivity contribution < 1.29 is 5.11 Å². The predicted molar refractivity (Wildman–Crippen MR) is 80.5 cm³/mol. The summed E-state index contributed by atoms with van der Waals surface area (Å²) in [6, 6.07) is 9.61. The summed E-state index contributed by atoms with van der Waals surface area (Å²) in [5.74, 6) is 0.612. The smallest absolute Gasteiger partial charge is 0.0541 e. The second-order valence-corrected chi connectivity index (χ2v) is 6.11. The zero-order valence-electron chi connectivity index (χ0n) is 12.2. The summed E-state index contributed by atoms with van der Waals surface area (Å²) in [5.41, 5.74) is 2.82. The van der Waals surface area contributed by atoms with Gasteiger partial charge in [0.25, 0.3) is 0 Å². The standard InChI is InChI=1S/C17H27NO/c1-13(2)15-5-3-14(4-6-15)11-12-18-16-7-9-17(19)10-8-16/h3-6,13,16-19H,7-12H2,1-2H3. The Morgan fingerprint density at radius 3 is 2.32 bits per heavy atom. The highest BCUT2D eigenvalue weighted by Gasteiger charge is 2.18. The van der Waals surface area contributed by atoms with Gasteiger partial charge in [0.1, 0.15) is 0 Å². The molecule has 2 N–H and O–H groups in total. The summed E-state index contributed by atoms with van der Waals surface area (Å²) in [7, 11) is 0. The molecule has 1 saturated carbocycles. The molecule has 1 aromatic carbocycles. The van der Waals surface area contributed by atoms with Crippen molar-refractivity contribution in [3.63, 3.8) is 0 Å². The molecule has 1 aliphatic rings. The quantitative estimate of drug-likeness (QED) is 0.853. The van der Waals surface area contributed by atoms with E-state index in [1.54, 1.807) is 0 Å². The van der Waals surface area contributed by atoms with Gasteiger partial charge in [-0.3, -0.25) is 0 Å². The van der Waals surface area contributed by atoms with Gasteiger partial charge in [0.2, 0.25) is 0 Å². The Morgan fingerprint density at radius 2 is 1.74 bits per heavy atom. The topological polar surface area (TPSA) is 32.3 Å². The third kappa shape index (κ3) is 4.63. The van der Waals surface area contributed by atoms with E-state index < -0.39 is 0 Å². The molecule has 2 heteroatoms. The molecule has 2 nitrogen and oxygen atoms in total. The lowest BCUT2D eigenvalue weighted by atomic mass is 9.93. The molecule has 0 aliphatic heterocycles. The van der Waals surface area contributed by atoms with Crippen molar-refractivity contribution in [3.8, 4) is 0 Å². The average Bonchev–Trinajstić information content (AvgIpc) is 2.41. The van der Waals surface area contributed by atoms with E-state index >= 15 is 0 Å². The molecule has 0 atom stereocenters. The monoisotopic (exact) mass is 261 g/mol. The van der Waals surface area contributed by atoms with Gasteiger partial charge in [-0.25, -0.2) is 0 Å². The maximum absolute atomic E-state index is 9.47. The Balaban J connectivity index is 1.70. The van der Waals surface area contributed by atoms with E-state index in [9.17, 15) is 5.11 Å². The largest absolute Gasteiger partial charge is 0.393 e. The zero-order valence-corrected chi connectivity index (χ0v) is 12.2. The maximum Gasteiger partial charge on any atom is 0.0541 e. The normalized spacial score (nSPS) is 23.8. The van der Waals surface area contributed by atoms with Crippen LogP contribution in [0.3, 0.4) is 0 Å². The third-order valence-electron chi connectivity index (χ3n) is 4.19. The van der Waals surface area contributed by atoms with Crippen molar-refractivity contribution in [2.75, 3.05) is 6.54 Å². The van der Waals surface area contributed by atoms with Crippen LogP contribution < -0.4 is 5.32 Å². The van der Waals surface area contributed by atoms with Crippen molar-refractivity contribution in [1.29, 1.82) is 0 Å². The van der Waals surface area contributed by atoms with E-state index in [4.69, 9.17) is 0 Å². The van der Waals surface area contributed by atoms with Crippen LogP contribution in [0.4, 0.5) is 0 Å². The van der Waals surface area contributed by atoms with Crippen LogP contribution >= 0.6 is 0 Å². The highest BCUT2D eigenvalue weighted by atomic mass is 16.3. The number of hydrogen-bond acceptors (Lipinski definition) is 2. The van der Waals surface area contributed by atoms with Gasteiger partial charge in [-0.1, -0.05) is 38.1 Å². The molecule has 0 heterocycles. The van der Waals surface area contributed by atoms with Crippen molar-refractivity contribution in [2.24, 2.45) is 0 Å². The molecule has 0 unspecified atom stereocenters. The van der Waals surface area contributed by atoms with Crippen molar-refractivity contribution >= 4 is 0 Å². The average molecular weight is 261 g/mol. The lowest BCUT2D eigenvalue weighted by molar-refractivity contribution is 0.117. The first-order chi connectivity index (χ1) is 9.15. The molecule has 1 fully saturated rings. The van der Waals surface area contributed by atoms with Gasteiger partial charge in [-0.05, 0) is 55.7 Å². The van der Waals surface area contributed by atoms with E-state index in [1.807, 2.05) is 0 Å². The highest BCUT2D eigenvalue weighted by molar-refractivity contribution is 5.24. The lowest BCUT2D eigenvalue weighted by Crippen LogP contribution is -2.35. The summed E-state index contributed by atoms with van der Waals surface area (Å²) < 4.78 is 0. The summed E-state index contributed by atoms with van der Waals surface area (Å²) in [6.07, 6.45) is 5.20. The van der Waals surface area contributed by atoms with Crippen molar-refractivity contribution in [1.82, 2.24) is 5.32 Å². The van der Waals surface area contributed by atoms with E-state index in [-0.39, 0.29) is 6.10 Å². The SMILES string of the molecule is CC(C)c1ccc(CCNC2CCC(O)CC2)cc1. The maximum atomic E-state index is 9.47. The molecular weight excluding hydrogens is 234 g/mol. The van der Waals surface area contributed by atoms with Crippen LogP contribution in [0.25, 0.3) is 0 Å². The highest BCUT2D eigenvalue weighted by Crippen LogP contribution is 2.18. The van der Waals surface area contributed by atoms with Gasteiger partial charge in [0.05, 0.1) is 6.10 Å². The number of benzene rings is 1. The second-order valence-electron chi connectivity index (χ2n) is 6.11. The minimum Gasteiger partial charge on any atom is -0.393 e. The van der Waals surface area contributed by atoms with Crippen LogP contribution in [0, 0.1) is 0 Å². The van der Waals surface area contributed by atoms with Crippen molar-refractivity contribution in [3.05, 3.63) is 35.4 Å². The summed E-state index contributed by atoms with van der Waals surface area (Å²) in [6.45, 7) is 5.50. The summed E-state index contributed by atoms with van der Waals surface area (Å²) >= 11 is 0. The number of aliphatic hydroxyl groups is 1.